The van der Waals surface area contributed by atoms with Crippen LogP contribution < -0.4 is 0 Å². The minimum absolute atomic E-state index is 0.0346. The molecule has 196 valence electrons. The molecular weight excluding hydrogens is 471 g/mol. The van der Waals surface area contributed by atoms with Crippen LogP contribution in [0, 0.1) is 17.1 Å². The number of fused-ring (bicyclic) bond motifs is 1. The number of nitriles is 1. The van der Waals surface area contributed by atoms with Crippen molar-refractivity contribution in [3.63, 3.8) is 0 Å². The zero-order valence-electron chi connectivity index (χ0n) is 23.2. The monoisotopic (exact) mass is 512 g/mol. The largest absolute Gasteiger partial charge is 0.413 e. The lowest BCUT2D eigenvalue weighted by Gasteiger charge is -2.45. The number of nitrogens with zero attached hydrogens (tertiary/aromatic N) is 2. The average Bonchev–Trinajstić information content (AvgIpc) is 2.86. The molecule has 0 aliphatic carbocycles. The minimum Gasteiger partial charge on any atom is -0.413 e. The molecule has 0 fully saturated rings. The first-order valence-corrected chi connectivity index (χ1v) is 15.5. The maximum absolute atomic E-state index is 14.1. The summed E-state index contributed by atoms with van der Waals surface area (Å²) in [6.07, 6.45) is 0.345. The Kier molecular flexibility index (Phi) is 8.19. The molecule has 0 bridgehead atoms. The number of rotatable bonds is 7. The van der Waals surface area contributed by atoms with Crippen LogP contribution in [0.25, 0.3) is 0 Å². The van der Waals surface area contributed by atoms with Crippen molar-refractivity contribution in [3.8, 4) is 6.07 Å². The fourth-order valence-electron chi connectivity index (χ4n) is 4.60. The predicted octanol–water partition coefficient (Wildman–Crippen LogP) is 6.57. The summed E-state index contributed by atoms with van der Waals surface area (Å²) in [5.74, 6) is -1.24. The summed E-state index contributed by atoms with van der Waals surface area (Å²) >= 11 is 0. The van der Waals surface area contributed by atoms with E-state index in [9.17, 15) is 9.65 Å². The topological polar surface area (TPSA) is 54.7 Å². The Labute approximate surface area is 217 Å². The summed E-state index contributed by atoms with van der Waals surface area (Å²) in [6.45, 7) is 16.0. The first-order valence-electron chi connectivity index (χ1n) is 12.5. The van der Waals surface area contributed by atoms with E-state index in [2.05, 4.69) is 44.8 Å². The average molecular weight is 513 g/mol. The van der Waals surface area contributed by atoms with Crippen molar-refractivity contribution in [1.82, 2.24) is 4.90 Å². The molecule has 36 heavy (non-hydrogen) atoms. The van der Waals surface area contributed by atoms with E-state index < -0.39 is 19.7 Å². The van der Waals surface area contributed by atoms with Crippen LogP contribution in [0.15, 0.2) is 42.5 Å². The van der Waals surface area contributed by atoms with Crippen molar-refractivity contribution >= 4 is 8.32 Å². The third-order valence-electron chi connectivity index (χ3n) is 7.33. The van der Waals surface area contributed by atoms with Crippen molar-refractivity contribution in [2.45, 2.75) is 83.3 Å². The molecule has 0 saturated heterocycles. The highest BCUT2D eigenvalue weighted by Gasteiger charge is 2.48. The SMILES string of the molecule is CN(C)CC(CC1(c2ccc(F)cc2)OC(C)(C)OCc2cc(C#N)ccc21)O[Si](C)(C)C(C)(C)C. The zero-order chi connectivity index (χ0) is 26.9. The Bertz CT molecular complexity index is 1100. The molecule has 0 aromatic heterocycles. The van der Waals surface area contributed by atoms with E-state index in [0.717, 1.165) is 16.7 Å². The van der Waals surface area contributed by atoms with Crippen molar-refractivity contribution in [2.24, 2.45) is 0 Å². The molecule has 0 saturated carbocycles. The lowest BCUT2D eigenvalue weighted by Crippen LogP contribution is -2.50. The van der Waals surface area contributed by atoms with Gasteiger partial charge in [0.1, 0.15) is 11.4 Å². The van der Waals surface area contributed by atoms with Gasteiger partial charge in [-0.2, -0.15) is 5.26 Å². The summed E-state index contributed by atoms with van der Waals surface area (Å²) in [6, 6.07) is 14.4. The van der Waals surface area contributed by atoms with E-state index in [1.54, 1.807) is 12.1 Å². The van der Waals surface area contributed by atoms with Gasteiger partial charge >= 0.3 is 0 Å². The van der Waals surface area contributed by atoms with Gasteiger partial charge in [0.25, 0.3) is 0 Å². The molecule has 7 heteroatoms. The maximum atomic E-state index is 14.1. The lowest BCUT2D eigenvalue weighted by atomic mass is 9.78. The first kappa shape index (κ1) is 28.5. The first-order chi connectivity index (χ1) is 16.6. The van der Waals surface area contributed by atoms with Crippen molar-refractivity contribution in [3.05, 3.63) is 70.5 Å². The van der Waals surface area contributed by atoms with Crippen LogP contribution in [0.1, 0.15) is 63.3 Å². The Hall–Kier alpha value is -2.08. The van der Waals surface area contributed by atoms with E-state index in [-0.39, 0.29) is 17.0 Å². The van der Waals surface area contributed by atoms with Crippen LogP contribution in [-0.2, 0) is 26.1 Å². The van der Waals surface area contributed by atoms with Crippen LogP contribution in [0.2, 0.25) is 18.1 Å². The Morgan fingerprint density at radius 1 is 1.14 bits per heavy atom. The Morgan fingerprint density at radius 3 is 2.33 bits per heavy atom. The van der Waals surface area contributed by atoms with Gasteiger partial charge in [-0.3, -0.25) is 0 Å². The fraction of sp³-hybridized carbons (Fsp3) is 0.552. The third-order valence-corrected chi connectivity index (χ3v) is 11.9. The number of benzene rings is 2. The van der Waals surface area contributed by atoms with Crippen molar-refractivity contribution < 1.29 is 18.3 Å². The summed E-state index contributed by atoms with van der Waals surface area (Å²) in [7, 11) is 1.95. The second kappa shape index (κ2) is 10.4. The van der Waals surface area contributed by atoms with Crippen LogP contribution >= 0.6 is 0 Å². The summed E-state index contributed by atoms with van der Waals surface area (Å²) in [5.41, 5.74) is 2.23. The molecule has 1 aliphatic heterocycles. The van der Waals surface area contributed by atoms with E-state index >= 15 is 0 Å². The van der Waals surface area contributed by atoms with Crippen LogP contribution in [0.3, 0.4) is 0 Å². The van der Waals surface area contributed by atoms with Gasteiger partial charge in [-0.25, -0.2) is 4.39 Å². The normalized spacial score (nSPS) is 20.9. The van der Waals surface area contributed by atoms with E-state index in [1.165, 1.54) is 12.1 Å². The molecule has 2 aromatic carbocycles. The molecular formula is C29H41FN2O3Si. The highest BCUT2D eigenvalue weighted by molar-refractivity contribution is 6.74. The second-order valence-electron chi connectivity index (χ2n) is 12.1. The smallest absolute Gasteiger partial charge is 0.192 e. The maximum Gasteiger partial charge on any atom is 0.192 e. The number of likely N-dealkylation sites (N-methyl/N-ethyl adjacent to an activating group) is 1. The summed E-state index contributed by atoms with van der Waals surface area (Å²) in [5, 5.41) is 9.59. The molecule has 0 N–H and O–H groups in total. The van der Waals surface area contributed by atoms with Gasteiger partial charge in [-0.15, -0.1) is 0 Å². The van der Waals surface area contributed by atoms with Crippen LogP contribution in [0.5, 0.6) is 0 Å². The number of halogens is 1. The summed E-state index contributed by atoms with van der Waals surface area (Å²) in [4.78, 5) is 2.13. The van der Waals surface area contributed by atoms with Gasteiger partial charge < -0.3 is 18.8 Å². The number of hydrogen-bond donors (Lipinski definition) is 0. The zero-order valence-corrected chi connectivity index (χ0v) is 24.2. The third kappa shape index (κ3) is 6.24. The standard InChI is InChI=1S/C29H41FN2O3Si/c1-27(2,3)36(8,9)34-25(19-32(6)7)17-29(23-11-13-24(30)14-12-23)26-15-10-21(18-31)16-22(26)20-33-28(4,5)35-29/h10-16,25H,17,19-20H2,1-9H3. The highest BCUT2D eigenvalue weighted by atomic mass is 28.4. The molecule has 5 nitrogen and oxygen atoms in total. The molecule has 0 radical (unpaired) electrons. The Balaban J connectivity index is 2.25. The van der Waals surface area contributed by atoms with Gasteiger partial charge in [0.2, 0.25) is 0 Å². The van der Waals surface area contributed by atoms with Gasteiger partial charge in [-0.05, 0) is 87.0 Å². The van der Waals surface area contributed by atoms with Gasteiger partial charge in [0.15, 0.2) is 14.1 Å². The van der Waals surface area contributed by atoms with Crippen LogP contribution in [-0.4, -0.2) is 45.7 Å². The van der Waals surface area contributed by atoms with E-state index in [0.29, 0.717) is 25.1 Å². The molecule has 1 aliphatic rings. The molecule has 2 atom stereocenters. The predicted molar refractivity (Wildman–Crippen MR) is 144 cm³/mol. The number of hydrogen-bond acceptors (Lipinski definition) is 5. The molecule has 0 amide bonds. The van der Waals surface area contributed by atoms with Crippen LogP contribution in [0.4, 0.5) is 4.39 Å². The van der Waals surface area contributed by atoms with Crippen molar-refractivity contribution in [2.75, 3.05) is 20.6 Å². The highest BCUT2D eigenvalue weighted by Crippen LogP contribution is 2.47. The van der Waals surface area contributed by atoms with E-state index in [1.807, 2.05) is 46.1 Å². The molecule has 1 heterocycles. The number of ether oxygens (including phenoxy) is 2. The molecule has 3 rings (SSSR count). The summed E-state index contributed by atoms with van der Waals surface area (Å²) < 4.78 is 34.2. The van der Waals surface area contributed by atoms with Gasteiger partial charge in [0.05, 0.1) is 24.3 Å². The second-order valence-corrected chi connectivity index (χ2v) is 16.8. The van der Waals surface area contributed by atoms with E-state index in [4.69, 9.17) is 13.9 Å². The quantitative estimate of drug-likeness (QED) is 0.393. The Morgan fingerprint density at radius 2 is 1.78 bits per heavy atom. The van der Waals surface area contributed by atoms with Crippen molar-refractivity contribution in [1.29, 1.82) is 5.26 Å². The lowest BCUT2D eigenvalue weighted by molar-refractivity contribution is -0.266. The molecule has 2 aromatic rings. The molecule has 2 unspecified atom stereocenters. The molecule has 0 spiro atoms. The minimum atomic E-state index is -2.13. The fourth-order valence-corrected chi connectivity index (χ4v) is 5.94. The van der Waals surface area contributed by atoms with Gasteiger partial charge in [0, 0.05) is 13.0 Å². The van der Waals surface area contributed by atoms with Gasteiger partial charge in [-0.1, -0.05) is 39.0 Å².